The lowest BCUT2D eigenvalue weighted by Gasteiger charge is -2.14. The second-order valence-electron chi connectivity index (χ2n) is 6.43. The molecule has 2 aromatic rings. The first-order valence-corrected chi connectivity index (χ1v) is 9.69. The molecule has 0 amide bonds. The van der Waals surface area contributed by atoms with Crippen LogP contribution in [0.15, 0.2) is 48.5 Å². The molecule has 150 valence electrons. The Hall–Kier alpha value is -2.34. The number of allylic oxidation sites excluding steroid dienone is 1. The molecule has 28 heavy (non-hydrogen) atoms. The number of rotatable bonds is 2. The summed E-state index contributed by atoms with van der Waals surface area (Å²) in [4.78, 5) is 0. The molecule has 1 aliphatic rings. The summed E-state index contributed by atoms with van der Waals surface area (Å²) in [6, 6.07) is 16.3. The molecule has 0 aromatic heterocycles. The fourth-order valence-corrected chi connectivity index (χ4v) is 2.84. The Balaban J connectivity index is 1.72. The molecule has 0 atom stereocenters. The van der Waals surface area contributed by atoms with E-state index in [1.807, 2.05) is 36.4 Å². The molecule has 0 N–H and O–H groups in total. The first-order chi connectivity index (χ1) is 13.8. The predicted molar refractivity (Wildman–Crippen MR) is 110 cm³/mol. The maximum absolute atomic E-state index is 5.93. The molecule has 0 radical (unpaired) electrons. The smallest absolute Gasteiger partial charge is 0.161 e. The molecule has 0 unspecified atom stereocenters. The van der Waals surface area contributed by atoms with Crippen molar-refractivity contribution in [2.45, 2.75) is 6.92 Å². The first-order valence-electron chi connectivity index (χ1n) is 9.69. The summed E-state index contributed by atoms with van der Waals surface area (Å²) in [6.07, 6.45) is 2.14. The van der Waals surface area contributed by atoms with Crippen LogP contribution in [0.1, 0.15) is 18.1 Å². The van der Waals surface area contributed by atoms with E-state index in [9.17, 15) is 0 Å². The van der Waals surface area contributed by atoms with Gasteiger partial charge in [-0.3, -0.25) is 0 Å². The number of fused-ring (bicyclic) bond motifs is 1. The molecule has 0 fully saturated rings. The normalized spacial score (nSPS) is 17.4. The van der Waals surface area contributed by atoms with Gasteiger partial charge in [0, 0.05) is 0 Å². The Morgan fingerprint density at radius 3 is 1.89 bits per heavy atom. The molecule has 0 bridgehead atoms. The zero-order valence-electron chi connectivity index (χ0n) is 16.4. The number of hydrogen-bond donors (Lipinski definition) is 0. The molecule has 0 saturated carbocycles. The second-order valence-corrected chi connectivity index (χ2v) is 6.43. The van der Waals surface area contributed by atoms with Gasteiger partial charge < -0.3 is 23.7 Å². The zero-order chi connectivity index (χ0) is 19.4. The van der Waals surface area contributed by atoms with Crippen molar-refractivity contribution >= 4 is 11.6 Å². The number of hydrogen-bond acceptors (Lipinski definition) is 5. The van der Waals surface area contributed by atoms with Crippen molar-refractivity contribution in [3.63, 3.8) is 0 Å². The highest BCUT2D eigenvalue weighted by Crippen LogP contribution is 2.30. The van der Waals surface area contributed by atoms with Gasteiger partial charge in [0.05, 0.1) is 39.6 Å². The highest BCUT2D eigenvalue weighted by atomic mass is 16.6. The quantitative estimate of drug-likeness (QED) is 0.731. The van der Waals surface area contributed by atoms with Gasteiger partial charge in [-0.2, -0.15) is 0 Å². The van der Waals surface area contributed by atoms with Crippen molar-refractivity contribution in [2.75, 3.05) is 52.9 Å². The summed E-state index contributed by atoms with van der Waals surface area (Å²) in [5, 5.41) is 0. The second kappa shape index (κ2) is 11.5. The fourth-order valence-electron chi connectivity index (χ4n) is 2.84. The Morgan fingerprint density at radius 1 is 0.679 bits per heavy atom. The van der Waals surface area contributed by atoms with E-state index >= 15 is 0 Å². The van der Waals surface area contributed by atoms with E-state index in [4.69, 9.17) is 23.7 Å². The van der Waals surface area contributed by atoms with Crippen molar-refractivity contribution in [1.82, 2.24) is 0 Å². The van der Waals surface area contributed by atoms with Gasteiger partial charge in [0.25, 0.3) is 0 Å². The third-order valence-corrected chi connectivity index (χ3v) is 4.29. The van der Waals surface area contributed by atoms with Crippen LogP contribution in [0.25, 0.3) is 11.6 Å². The standard InChI is InChI=1S/C23H28O5/c1-19(21-5-3-2-4-6-21)17-20-7-8-22-23(18-20)28-16-14-26-12-10-24-9-11-25-13-15-27-22/h2-8,17-18H,9-16H2,1H3/b19-17+. The minimum Gasteiger partial charge on any atom is -0.487 e. The molecule has 5 heteroatoms. The van der Waals surface area contributed by atoms with Crippen LogP contribution < -0.4 is 9.47 Å². The largest absolute Gasteiger partial charge is 0.487 e. The molecule has 3 rings (SSSR count). The summed E-state index contributed by atoms with van der Waals surface area (Å²) >= 11 is 0. The van der Waals surface area contributed by atoms with E-state index in [0.717, 1.165) is 5.56 Å². The van der Waals surface area contributed by atoms with Crippen LogP contribution in [0, 0.1) is 0 Å². The highest BCUT2D eigenvalue weighted by molar-refractivity contribution is 5.80. The summed E-state index contributed by atoms with van der Waals surface area (Å²) in [6.45, 7) is 6.26. The lowest BCUT2D eigenvalue weighted by Crippen LogP contribution is -2.13. The van der Waals surface area contributed by atoms with Gasteiger partial charge in [0.15, 0.2) is 11.5 Å². The zero-order valence-corrected chi connectivity index (χ0v) is 16.4. The fraction of sp³-hybridized carbons (Fsp3) is 0.391. The van der Waals surface area contributed by atoms with E-state index in [1.54, 1.807) is 0 Å². The molecule has 1 aliphatic heterocycles. The van der Waals surface area contributed by atoms with Crippen molar-refractivity contribution in [2.24, 2.45) is 0 Å². The third kappa shape index (κ3) is 6.68. The molecule has 2 aromatic carbocycles. The molecule has 5 nitrogen and oxygen atoms in total. The Morgan fingerprint density at radius 2 is 1.25 bits per heavy atom. The van der Waals surface area contributed by atoms with Gasteiger partial charge in [-0.25, -0.2) is 0 Å². The van der Waals surface area contributed by atoms with Crippen LogP contribution >= 0.6 is 0 Å². The van der Waals surface area contributed by atoms with E-state index in [0.29, 0.717) is 64.4 Å². The topological polar surface area (TPSA) is 46.2 Å². The van der Waals surface area contributed by atoms with Crippen LogP contribution in [0.2, 0.25) is 0 Å². The third-order valence-electron chi connectivity index (χ3n) is 4.29. The minimum absolute atomic E-state index is 0.456. The maximum Gasteiger partial charge on any atom is 0.161 e. The minimum atomic E-state index is 0.456. The summed E-state index contributed by atoms with van der Waals surface area (Å²) in [5.41, 5.74) is 3.45. The van der Waals surface area contributed by atoms with Gasteiger partial charge in [-0.15, -0.1) is 0 Å². The number of ether oxygens (including phenoxy) is 5. The molecule has 1 heterocycles. The molecular weight excluding hydrogens is 356 g/mol. The first kappa shape index (κ1) is 20.4. The monoisotopic (exact) mass is 384 g/mol. The van der Waals surface area contributed by atoms with Crippen LogP contribution in [0.3, 0.4) is 0 Å². The predicted octanol–water partition coefficient (Wildman–Crippen LogP) is 4.07. The van der Waals surface area contributed by atoms with Crippen molar-refractivity contribution in [3.05, 3.63) is 59.7 Å². The summed E-state index contributed by atoms with van der Waals surface area (Å²) in [5.74, 6) is 1.42. The van der Waals surface area contributed by atoms with E-state index in [1.165, 1.54) is 11.1 Å². The molecule has 0 spiro atoms. The average molecular weight is 384 g/mol. The van der Waals surface area contributed by atoms with Crippen LogP contribution in [0.5, 0.6) is 11.5 Å². The molecule has 0 saturated heterocycles. The van der Waals surface area contributed by atoms with Crippen molar-refractivity contribution in [1.29, 1.82) is 0 Å². The van der Waals surface area contributed by atoms with Crippen molar-refractivity contribution < 1.29 is 23.7 Å². The Labute approximate surface area is 166 Å². The molecule has 0 aliphatic carbocycles. The summed E-state index contributed by atoms with van der Waals surface area (Å²) in [7, 11) is 0. The van der Waals surface area contributed by atoms with E-state index in [2.05, 4.69) is 25.1 Å². The van der Waals surface area contributed by atoms with Crippen molar-refractivity contribution in [3.8, 4) is 11.5 Å². The van der Waals surface area contributed by atoms with Gasteiger partial charge in [0.1, 0.15) is 13.2 Å². The van der Waals surface area contributed by atoms with Gasteiger partial charge in [-0.1, -0.05) is 42.5 Å². The Kier molecular flexibility index (Phi) is 8.37. The Bertz CT molecular complexity index is 742. The SMILES string of the molecule is C/C(=C\c1ccc2c(c1)OCCOCCOCCOCCO2)c1ccccc1. The molecular formula is C23H28O5. The van der Waals surface area contributed by atoms with Gasteiger partial charge >= 0.3 is 0 Å². The average Bonchev–Trinajstić information content (AvgIpc) is 2.73. The lowest BCUT2D eigenvalue weighted by atomic mass is 10.0. The van der Waals surface area contributed by atoms with Crippen LogP contribution in [-0.4, -0.2) is 52.9 Å². The van der Waals surface area contributed by atoms with Gasteiger partial charge in [0.2, 0.25) is 0 Å². The van der Waals surface area contributed by atoms with Crippen LogP contribution in [-0.2, 0) is 14.2 Å². The van der Waals surface area contributed by atoms with Gasteiger partial charge in [-0.05, 0) is 35.8 Å². The lowest BCUT2D eigenvalue weighted by molar-refractivity contribution is 0.00708. The number of benzene rings is 2. The van der Waals surface area contributed by atoms with E-state index in [-0.39, 0.29) is 0 Å². The van der Waals surface area contributed by atoms with Crippen LogP contribution in [0.4, 0.5) is 0 Å². The highest BCUT2D eigenvalue weighted by Gasteiger charge is 2.08. The maximum atomic E-state index is 5.93. The summed E-state index contributed by atoms with van der Waals surface area (Å²) < 4.78 is 28.3. The van der Waals surface area contributed by atoms with E-state index < -0.39 is 0 Å².